The molecule has 1 fully saturated rings. The van der Waals surface area contributed by atoms with E-state index in [0.717, 1.165) is 0 Å². The number of aliphatic hydroxyl groups excluding tert-OH is 1. The zero-order valence-electron chi connectivity index (χ0n) is 7.12. The molecule has 1 aliphatic rings. The van der Waals surface area contributed by atoms with E-state index >= 15 is 0 Å². The number of rotatable bonds is 2. The lowest BCUT2D eigenvalue weighted by Gasteiger charge is -2.33. The van der Waals surface area contributed by atoms with Gasteiger partial charge < -0.3 is 9.84 Å². The molecule has 0 radical (unpaired) electrons. The fourth-order valence-electron chi connectivity index (χ4n) is 1.39. The number of aliphatic hydroxyl groups is 1. The molecule has 0 bridgehead atoms. The number of hydrogen-bond acceptors (Lipinski definition) is 4. The molecule has 1 rings (SSSR count). The molecular formula is C7H14O4S. The fraction of sp³-hybridized carbons (Fsp3) is 1.00. The Labute approximate surface area is 72.5 Å². The number of sulfone groups is 1. The van der Waals surface area contributed by atoms with Gasteiger partial charge in [-0.25, -0.2) is 8.42 Å². The predicted octanol–water partition coefficient (Wildman–Crippen LogP) is -0.428. The van der Waals surface area contributed by atoms with Gasteiger partial charge in [-0.2, -0.15) is 0 Å². The van der Waals surface area contributed by atoms with Gasteiger partial charge in [0.25, 0.3) is 0 Å². The molecule has 4 nitrogen and oxygen atoms in total. The zero-order chi connectivity index (χ0) is 9.24. The summed E-state index contributed by atoms with van der Waals surface area (Å²) in [4.78, 5) is 0. The lowest BCUT2D eigenvalue weighted by atomic mass is 10.0. The van der Waals surface area contributed by atoms with Crippen LogP contribution in [0.5, 0.6) is 0 Å². The molecule has 1 heterocycles. The number of hydrogen-bond donors (Lipinski definition) is 1. The van der Waals surface area contributed by atoms with Crippen molar-refractivity contribution in [3.05, 3.63) is 0 Å². The van der Waals surface area contributed by atoms with E-state index in [9.17, 15) is 8.42 Å². The molecule has 0 aromatic heterocycles. The van der Waals surface area contributed by atoms with Crippen LogP contribution in [0.4, 0.5) is 0 Å². The van der Waals surface area contributed by atoms with Gasteiger partial charge in [-0.05, 0) is 12.8 Å². The average Bonchev–Trinajstić information content (AvgIpc) is 2.04. The summed E-state index contributed by atoms with van der Waals surface area (Å²) in [6.07, 6.45) is 1.99. The molecule has 0 unspecified atom stereocenters. The van der Waals surface area contributed by atoms with Gasteiger partial charge in [-0.15, -0.1) is 0 Å². The molecule has 0 amide bonds. The Bertz CT molecular complexity index is 238. The van der Waals surface area contributed by atoms with E-state index in [1.165, 1.54) is 6.26 Å². The Balaban J connectivity index is 2.88. The molecule has 0 saturated carbocycles. The predicted molar refractivity (Wildman–Crippen MR) is 44.7 cm³/mol. The molecule has 72 valence electrons. The largest absolute Gasteiger partial charge is 0.395 e. The fourth-order valence-corrected chi connectivity index (χ4v) is 2.53. The maximum absolute atomic E-state index is 11.3. The Morgan fingerprint density at radius 3 is 2.17 bits per heavy atom. The van der Waals surface area contributed by atoms with E-state index in [2.05, 4.69) is 0 Å². The van der Waals surface area contributed by atoms with Crippen molar-refractivity contribution in [3.63, 3.8) is 0 Å². The van der Waals surface area contributed by atoms with Crippen molar-refractivity contribution in [1.82, 2.24) is 0 Å². The van der Waals surface area contributed by atoms with Crippen molar-refractivity contribution in [1.29, 1.82) is 0 Å². The third-order valence-corrected chi connectivity index (χ3v) is 4.59. The highest BCUT2D eigenvalue weighted by Crippen LogP contribution is 2.28. The quantitative estimate of drug-likeness (QED) is 0.648. The first kappa shape index (κ1) is 9.95. The molecule has 1 saturated heterocycles. The van der Waals surface area contributed by atoms with Crippen LogP contribution in [0.25, 0.3) is 0 Å². The minimum absolute atomic E-state index is 0.296. The van der Waals surface area contributed by atoms with Crippen LogP contribution in [-0.4, -0.2) is 44.3 Å². The van der Waals surface area contributed by atoms with Gasteiger partial charge in [0, 0.05) is 19.5 Å². The normalized spacial score (nSPS) is 23.8. The van der Waals surface area contributed by atoms with Gasteiger partial charge in [0.1, 0.15) is 0 Å². The Hall–Kier alpha value is -0.130. The molecule has 0 spiro atoms. The van der Waals surface area contributed by atoms with E-state index in [4.69, 9.17) is 9.84 Å². The van der Waals surface area contributed by atoms with Gasteiger partial charge in [0.2, 0.25) is 0 Å². The van der Waals surface area contributed by atoms with Crippen molar-refractivity contribution < 1.29 is 18.3 Å². The van der Waals surface area contributed by atoms with Crippen molar-refractivity contribution >= 4 is 9.84 Å². The van der Waals surface area contributed by atoms with Gasteiger partial charge in [0.15, 0.2) is 9.84 Å². The van der Waals surface area contributed by atoms with Crippen molar-refractivity contribution in [3.8, 4) is 0 Å². The molecule has 0 aromatic rings. The summed E-state index contributed by atoms with van der Waals surface area (Å²) in [5.41, 5.74) is 0. The molecule has 5 heteroatoms. The van der Waals surface area contributed by atoms with Gasteiger partial charge >= 0.3 is 0 Å². The van der Waals surface area contributed by atoms with E-state index < -0.39 is 14.6 Å². The second kappa shape index (κ2) is 3.32. The van der Waals surface area contributed by atoms with E-state index in [1.54, 1.807) is 0 Å². The Morgan fingerprint density at radius 2 is 1.92 bits per heavy atom. The highest BCUT2D eigenvalue weighted by atomic mass is 32.2. The standard InChI is InChI=1S/C7H14O4S/c1-12(9,10)7(6-8)2-4-11-5-3-7/h8H,2-6H2,1H3. The molecular weight excluding hydrogens is 180 g/mol. The van der Waals surface area contributed by atoms with Crippen molar-refractivity contribution in [2.45, 2.75) is 17.6 Å². The first-order valence-electron chi connectivity index (χ1n) is 3.90. The summed E-state index contributed by atoms with van der Waals surface area (Å²) < 4.78 is 26.8. The summed E-state index contributed by atoms with van der Waals surface area (Å²) in [6.45, 7) is 0.552. The summed E-state index contributed by atoms with van der Waals surface area (Å²) in [6, 6.07) is 0. The molecule has 0 aliphatic carbocycles. The molecule has 0 atom stereocenters. The van der Waals surface area contributed by atoms with Gasteiger partial charge in [-0.1, -0.05) is 0 Å². The van der Waals surface area contributed by atoms with E-state index in [0.29, 0.717) is 26.1 Å². The third-order valence-electron chi connectivity index (χ3n) is 2.48. The lowest BCUT2D eigenvalue weighted by molar-refractivity contribution is 0.0561. The van der Waals surface area contributed by atoms with Crippen LogP contribution in [0.3, 0.4) is 0 Å². The van der Waals surface area contributed by atoms with Crippen molar-refractivity contribution in [2.24, 2.45) is 0 Å². The first-order valence-corrected chi connectivity index (χ1v) is 5.79. The zero-order valence-corrected chi connectivity index (χ0v) is 7.93. The van der Waals surface area contributed by atoms with Crippen molar-refractivity contribution in [2.75, 3.05) is 26.1 Å². The Morgan fingerprint density at radius 1 is 1.42 bits per heavy atom. The maximum Gasteiger partial charge on any atom is 0.155 e. The minimum Gasteiger partial charge on any atom is -0.395 e. The summed E-state index contributed by atoms with van der Waals surface area (Å²) in [5, 5.41) is 9.04. The average molecular weight is 194 g/mol. The second-order valence-electron chi connectivity index (χ2n) is 3.23. The van der Waals surface area contributed by atoms with Crippen LogP contribution in [0.15, 0.2) is 0 Å². The summed E-state index contributed by atoms with van der Waals surface area (Å²) in [7, 11) is -3.17. The lowest BCUT2D eigenvalue weighted by Crippen LogP contribution is -2.46. The highest BCUT2D eigenvalue weighted by Gasteiger charge is 2.41. The molecule has 0 aromatic carbocycles. The van der Waals surface area contributed by atoms with Crippen LogP contribution in [-0.2, 0) is 14.6 Å². The van der Waals surface area contributed by atoms with Gasteiger partial charge in [0.05, 0.1) is 11.4 Å². The second-order valence-corrected chi connectivity index (χ2v) is 5.64. The van der Waals surface area contributed by atoms with Crippen LogP contribution in [0.2, 0.25) is 0 Å². The summed E-state index contributed by atoms with van der Waals surface area (Å²) >= 11 is 0. The molecule has 12 heavy (non-hydrogen) atoms. The monoisotopic (exact) mass is 194 g/mol. The maximum atomic E-state index is 11.3. The summed E-state index contributed by atoms with van der Waals surface area (Å²) in [5.74, 6) is 0. The highest BCUT2D eigenvalue weighted by molar-refractivity contribution is 7.92. The molecule has 1 aliphatic heterocycles. The number of ether oxygens (including phenoxy) is 1. The van der Waals surface area contributed by atoms with Crippen LogP contribution >= 0.6 is 0 Å². The van der Waals surface area contributed by atoms with E-state index in [1.807, 2.05) is 0 Å². The smallest absolute Gasteiger partial charge is 0.155 e. The SMILES string of the molecule is CS(=O)(=O)C1(CO)CCOCC1. The van der Waals surface area contributed by atoms with Gasteiger partial charge in [-0.3, -0.25) is 0 Å². The molecule has 1 N–H and O–H groups in total. The van der Waals surface area contributed by atoms with Crippen LogP contribution in [0, 0.1) is 0 Å². The topological polar surface area (TPSA) is 63.6 Å². The van der Waals surface area contributed by atoms with Crippen LogP contribution < -0.4 is 0 Å². The van der Waals surface area contributed by atoms with Crippen LogP contribution in [0.1, 0.15) is 12.8 Å². The first-order chi connectivity index (χ1) is 5.52. The third kappa shape index (κ3) is 1.62. The Kier molecular flexibility index (Phi) is 2.75. The van der Waals surface area contributed by atoms with E-state index in [-0.39, 0.29) is 6.61 Å². The minimum atomic E-state index is -3.17.